The molecule has 0 atom stereocenters. The van der Waals surface area contributed by atoms with Crippen LogP contribution < -0.4 is 4.72 Å². The summed E-state index contributed by atoms with van der Waals surface area (Å²) in [5, 5.41) is 0. The van der Waals surface area contributed by atoms with Gasteiger partial charge in [0, 0.05) is 12.6 Å². The number of carbonyl (C=O) groups excluding carboxylic acids is 2. The molecule has 1 amide bonds. The van der Waals surface area contributed by atoms with E-state index in [2.05, 4.69) is 9.46 Å². The van der Waals surface area contributed by atoms with Gasteiger partial charge in [0.2, 0.25) is 10.0 Å². The Bertz CT molecular complexity index is 1020. The summed E-state index contributed by atoms with van der Waals surface area (Å²) in [5.74, 6) is -0.0705. The number of benzene rings is 1. The van der Waals surface area contributed by atoms with Crippen molar-refractivity contribution in [3.63, 3.8) is 0 Å². The molecular formula is C19H24N2O6S. The second-order valence-corrected chi connectivity index (χ2v) is 8.31. The quantitative estimate of drug-likeness (QED) is 0.735. The van der Waals surface area contributed by atoms with Gasteiger partial charge in [0.25, 0.3) is 5.91 Å². The number of sulfonamides is 1. The maximum absolute atomic E-state index is 12.8. The molecule has 0 unspecified atom stereocenters. The van der Waals surface area contributed by atoms with E-state index in [0.29, 0.717) is 28.2 Å². The SMILES string of the molecule is CNS(=O)(=O)c1cc(C(=O)N(C)Cc2cc(C(=O)OC)c(C)o2)cc(C)c1C. The largest absolute Gasteiger partial charge is 0.465 e. The first-order chi connectivity index (χ1) is 13.0. The van der Waals surface area contributed by atoms with E-state index in [1.165, 1.54) is 31.2 Å². The number of esters is 1. The van der Waals surface area contributed by atoms with E-state index in [-0.39, 0.29) is 22.9 Å². The van der Waals surface area contributed by atoms with Crippen LogP contribution in [0.1, 0.15) is 43.4 Å². The highest BCUT2D eigenvalue weighted by Gasteiger charge is 2.22. The van der Waals surface area contributed by atoms with Gasteiger partial charge in [-0.2, -0.15) is 0 Å². The molecule has 28 heavy (non-hydrogen) atoms. The first-order valence-corrected chi connectivity index (χ1v) is 9.98. The lowest BCUT2D eigenvalue weighted by Gasteiger charge is -2.18. The van der Waals surface area contributed by atoms with E-state index in [1.54, 1.807) is 33.9 Å². The summed E-state index contributed by atoms with van der Waals surface area (Å²) in [6.07, 6.45) is 0. The van der Waals surface area contributed by atoms with Gasteiger partial charge in [0.05, 0.1) is 18.6 Å². The van der Waals surface area contributed by atoms with Crippen LogP contribution in [-0.4, -0.2) is 46.4 Å². The Kier molecular flexibility index (Phi) is 6.30. The van der Waals surface area contributed by atoms with E-state index in [9.17, 15) is 18.0 Å². The van der Waals surface area contributed by atoms with Crippen molar-refractivity contribution >= 4 is 21.9 Å². The standard InChI is InChI=1S/C19H24N2O6S/c1-11-7-14(8-17(12(11)2)28(24,25)20-4)18(22)21(5)10-15-9-16(13(3)27-15)19(23)26-6/h7-9,20H,10H2,1-6H3. The summed E-state index contributed by atoms with van der Waals surface area (Å²) in [7, 11) is 0.472. The number of rotatable bonds is 6. The number of carbonyl (C=O) groups is 2. The van der Waals surface area contributed by atoms with E-state index < -0.39 is 16.0 Å². The van der Waals surface area contributed by atoms with Crippen LogP contribution >= 0.6 is 0 Å². The van der Waals surface area contributed by atoms with Gasteiger partial charge in [0.1, 0.15) is 17.1 Å². The molecule has 0 aliphatic heterocycles. The molecule has 8 nitrogen and oxygen atoms in total. The molecule has 0 aliphatic carbocycles. The number of furan rings is 1. The first-order valence-electron chi connectivity index (χ1n) is 8.49. The number of nitrogens with one attached hydrogen (secondary N) is 1. The van der Waals surface area contributed by atoms with E-state index in [1.807, 2.05) is 0 Å². The van der Waals surface area contributed by atoms with Crippen LogP contribution in [0.15, 0.2) is 27.5 Å². The van der Waals surface area contributed by atoms with Gasteiger partial charge in [-0.15, -0.1) is 0 Å². The molecule has 152 valence electrons. The molecule has 0 saturated carbocycles. The maximum Gasteiger partial charge on any atom is 0.341 e. The summed E-state index contributed by atoms with van der Waals surface area (Å²) >= 11 is 0. The van der Waals surface area contributed by atoms with Gasteiger partial charge >= 0.3 is 5.97 Å². The minimum absolute atomic E-state index is 0.0635. The average molecular weight is 408 g/mol. The summed E-state index contributed by atoms with van der Waals surface area (Å²) in [6, 6.07) is 4.54. The third-order valence-electron chi connectivity index (χ3n) is 4.54. The highest BCUT2D eigenvalue weighted by molar-refractivity contribution is 7.89. The number of nitrogens with zero attached hydrogens (tertiary/aromatic N) is 1. The number of methoxy groups -OCH3 is 1. The van der Waals surface area contributed by atoms with Gasteiger partial charge in [-0.1, -0.05) is 0 Å². The van der Waals surface area contributed by atoms with Crippen LogP contribution in [0.3, 0.4) is 0 Å². The normalized spacial score (nSPS) is 11.4. The zero-order chi connectivity index (χ0) is 21.2. The van der Waals surface area contributed by atoms with Crippen molar-refractivity contribution in [1.82, 2.24) is 9.62 Å². The molecule has 2 aromatic rings. The molecule has 0 aliphatic rings. The number of hydrogen-bond acceptors (Lipinski definition) is 6. The van der Waals surface area contributed by atoms with Crippen molar-refractivity contribution in [2.45, 2.75) is 32.2 Å². The summed E-state index contributed by atoms with van der Waals surface area (Å²) < 4.78 is 37.0. The van der Waals surface area contributed by atoms with Crippen LogP contribution in [0.2, 0.25) is 0 Å². The number of ether oxygens (including phenoxy) is 1. The fourth-order valence-corrected chi connectivity index (χ4v) is 3.87. The van der Waals surface area contributed by atoms with Gasteiger partial charge in [-0.3, -0.25) is 4.79 Å². The second-order valence-electron chi connectivity index (χ2n) is 6.46. The smallest absolute Gasteiger partial charge is 0.341 e. The molecule has 0 saturated heterocycles. The van der Waals surface area contributed by atoms with E-state index >= 15 is 0 Å². The minimum Gasteiger partial charge on any atom is -0.465 e. The van der Waals surface area contributed by atoms with Crippen LogP contribution in [0.4, 0.5) is 0 Å². The Labute approximate surface area is 164 Å². The number of hydrogen-bond donors (Lipinski definition) is 1. The van der Waals surface area contributed by atoms with Crippen LogP contribution in [0.5, 0.6) is 0 Å². The van der Waals surface area contributed by atoms with Gasteiger partial charge in [0.15, 0.2) is 0 Å². The van der Waals surface area contributed by atoms with Crippen molar-refractivity contribution in [1.29, 1.82) is 0 Å². The van der Waals surface area contributed by atoms with Crippen molar-refractivity contribution < 1.29 is 27.2 Å². The fourth-order valence-electron chi connectivity index (χ4n) is 2.80. The number of amides is 1. The van der Waals surface area contributed by atoms with Crippen molar-refractivity contribution in [3.05, 3.63) is 52.0 Å². The predicted octanol–water partition coefficient (Wildman–Crippen LogP) is 2.17. The van der Waals surface area contributed by atoms with Crippen LogP contribution in [0.25, 0.3) is 0 Å². The zero-order valence-corrected chi connectivity index (χ0v) is 17.6. The molecule has 1 N–H and O–H groups in total. The van der Waals surface area contributed by atoms with Gasteiger partial charge < -0.3 is 14.1 Å². The topological polar surface area (TPSA) is 106 Å². The van der Waals surface area contributed by atoms with Gasteiger partial charge in [-0.25, -0.2) is 17.9 Å². The molecule has 0 fully saturated rings. The van der Waals surface area contributed by atoms with E-state index in [0.717, 1.165) is 0 Å². The third-order valence-corrected chi connectivity index (χ3v) is 6.08. The zero-order valence-electron chi connectivity index (χ0n) is 16.7. The minimum atomic E-state index is -3.70. The molecular weight excluding hydrogens is 384 g/mol. The second kappa shape index (κ2) is 8.15. The van der Waals surface area contributed by atoms with Crippen molar-refractivity contribution in [2.75, 3.05) is 21.2 Å². The lowest BCUT2D eigenvalue weighted by atomic mass is 10.1. The Morgan fingerprint density at radius 2 is 1.82 bits per heavy atom. The van der Waals surface area contributed by atoms with E-state index in [4.69, 9.17) is 4.42 Å². The summed E-state index contributed by atoms with van der Waals surface area (Å²) in [4.78, 5) is 26.0. The third kappa shape index (κ3) is 4.26. The molecule has 0 radical (unpaired) electrons. The molecule has 0 bridgehead atoms. The Morgan fingerprint density at radius 3 is 2.39 bits per heavy atom. The van der Waals surface area contributed by atoms with Crippen LogP contribution in [0, 0.1) is 20.8 Å². The number of aryl methyl sites for hydroxylation is 2. The van der Waals surface area contributed by atoms with Crippen molar-refractivity contribution in [2.24, 2.45) is 0 Å². The van der Waals surface area contributed by atoms with Crippen molar-refractivity contribution in [3.8, 4) is 0 Å². The predicted molar refractivity (Wildman–Crippen MR) is 103 cm³/mol. The summed E-state index contributed by atoms with van der Waals surface area (Å²) in [6.45, 7) is 5.18. The fraction of sp³-hybridized carbons (Fsp3) is 0.368. The monoisotopic (exact) mass is 408 g/mol. The Morgan fingerprint density at radius 1 is 1.18 bits per heavy atom. The van der Waals surface area contributed by atoms with Gasteiger partial charge in [-0.05, 0) is 57.1 Å². The van der Waals surface area contributed by atoms with Crippen LogP contribution in [-0.2, 0) is 21.3 Å². The highest BCUT2D eigenvalue weighted by Crippen LogP contribution is 2.23. The molecule has 9 heteroatoms. The first kappa shape index (κ1) is 21.6. The molecule has 2 rings (SSSR count). The average Bonchev–Trinajstić information content (AvgIpc) is 3.02. The lowest BCUT2D eigenvalue weighted by Crippen LogP contribution is -2.27. The summed E-state index contributed by atoms with van der Waals surface area (Å²) in [5.41, 5.74) is 1.82. The Balaban J connectivity index is 2.32. The highest BCUT2D eigenvalue weighted by atomic mass is 32.2. The Hall–Kier alpha value is -2.65. The molecule has 1 heterocycles. The lowest BCUT2D eigenvalue weighted by molar-refractivity contribution is 0.0598. The molecule has 1 aromatic heterocycles. The molecule has 1 aromatic carbocycles. The molecule has 0 spiro atoms. The maximum atomic E-state index is 12.8.